The van der Waals surface area contributed by atoms with E-state index in [1.165, 1.54) is 16.8 Å². The molecule has 4 bridgehead atoms. The van der Waals surface area contributed by atoms with E-state index in [1.54, 1.807) is 25.3 Å². The Hall–Kier alpha value is -5.64. The van der Waals surface area contributed by atoms with Crippen molar-refractivity contribution in [1.82, 2.24) is 44.2 Å². The van der Waals surface area contributed by atoms with Crippen molar-refractivity contribution >= 4 is 39.6 Å². The summed E-state index contributed by atoms with van der Waals surface area (Å²) >= 11 is 0. The predicted octanol–water partition coefficient (Wildman–Crippen LogP) is 5.55. The van der Waals surface area contributed by atoms with Gasteiger partial charge in [0.05, 0.1) is 47.2 Å². The second-order valence-electron chi connectivity index (χ2n) is 14.5. The Balaban J connectivity index is 1.17. The number of carbonyl (C=O) groups excluding carboxylic acids is 1. The van der Waals surface area contributed by atoms with Crippen molar-refractivity contribution < 1.29 is 22.7 Å². The summed E-state index contributed by atoms with van der Waals surface area (Å²) in [6.07, 6.45) is 6.32. The molecule has 13 nitrogen and oxygen atoms in total. The number of fused-ring (bicyclic) bond motifs is 6. The molecule has 278 valence electrons. The maximum atomic E-state index is 15.1. The van der Waals surface area contributed by atoms with Gasteiger partial charge in [0, 0.05) is 56.9 Å². The third-order valence-electron chi connectivity index (χ3n) is 10.9. The molecule has 16 heteroatoms. The van der Waals surface area contributed by atoms with Crippen LogP contribution in [0.5, 0.6) is 0 Å². The number of amides is 1. The third-order valence-corrected chi connectivity index (χ3v) is 10.9. The molecule has 9 rings (SSSR count). The van der Waals surface area contributed by atoms with Gasteiger partial charge in [-0.3, -0.25) is 4.79 Å². The highest BCUT2D eigenvalue weighted by atomic mass is 19.1. The first kappa shape index (κ1) is 34.1. The number of aryl methyl sites for hydroxylation is 1. The van der Waals surface area contributed by atoms with Gasteiger partial charge in [0.15, 0.2) is 17.3 Å². The van der Waals surface area contributed by atoms with Crippen LogP contribution in [0.4, 0.5) is 24.8 Å². The molecule has 1 saturated carbocycles. The number of carbonyl (C=O) groups is 1. The van der Waals surface area contributed by atoms with Crippen LogP contribution in [0.3, 0.4) is 0 Å². The standard InChI is InChI=1S/C38H38F3N11O2/c1-20-44-30-13-22(39)11-26-29-9-6-10-32(46-29)45-24-14-31(38(53)49(2)18-25(54-3)19-50(20)33(26)30)51(17-24)35-27-16-43-52(37-28(41)12-23(40)15-42-37)36(27)48-34(47-35)21-7-4-5-8-21/h6,9-13,15-16,21,24-25,31H,4-5,7-8,14,17-19H2,1-3H3,(H,45,46)/t24-,25-,31-/m0/s1. The number of halogens is 3. The van der Waals surface area contributed by atoms with E-state index in [4.69, 9.17) is 19.7 Å². The van der Waals surface area contributed by atoms with E-state index < -0.39 is 29.6 Å². The van der Waals surface area contributed by atoms with Gasteiger partial charge in [0.2, 0.25) is 5.91 Å². The highest BCUT2D eigenvalue weighted by molar-refractivity contribution is 5.94. The number of hydrogen-bond acceptors (Lipinski definition) is 10. The number of rotatable bonds is 4. The van der Waals surface area contributed by atoms with Crippen LogP contribution < -0.4 is 10.2 Å². The van der Waals surface area contributed by atoms with Crippen molar-refractivity contribution in [2.75, 3.05) is 37.5 Å². The normalized spacial score (nSPS) is 20.9. The third kappa shape index (κ3) is 5.88. The minimum Gasteiger partial charge on any atom is -0.378 e. The van der Waals surface area contributed by atoms with E-state index in [9.17, 15) is 9.18 Å². The number of ether oxygens (including phenoxy) is 1. The SMILES string of the molecule is CO[C@H]1CN(C)C(=O)[C@@H]2C[C@@H](CN2c2nc(C3CCCC3)nc3c2cnn3-c2ncc(F)cc2F)Nc2cccc(n2)-c2cc(F)cc3nc(C)n(c23)C1. The summed E-state index contributed by atoms with van der Waals surface area (Å²) in [4.78, 5) is 42.0. The molecule has 54 heavy (non-hydrogen) atoms. The summed E-state index contributed by atoms with van der Waals surface area (Å²) in [5, 5.41) is 8.52. The van der Waals surface area contributed by atoms with Crippen molar-refractivity contribution in [3.05, 3.63) is 77.9 Å². The molecular weight excluding hydrogens is 699 g/mol. The smallest absolute Gasteiger partial charge is 0.245 e. The van der Waals surface area contributed by atoms with E-state index >= 15 is 8.78 Å². The van der Waals surface area contributed by atoms with Gasteiger partial charge in [0.25, 0.3) is 0 Å². The number of pyridine rings is 2. The largest absolute Gasteiger partial charge is 0.378 e. The summed E-state index contributed by atoms with van der Waals surface area (Å²) in [7, 11) is 3.37. The highest BCUT2D eigenvalue weighted by Gasteiger charge is 2.41. The molecule has 5 aromatic heterocycles. The number of anilines is 2. The van der Waals surface area contributed by atoms with Crippen molar-refractivity contribution in [2.24, 2.45) is 0 Å². The molecule has 1 aliphatic carbocycles. The van der Waals surface area contributed by atoms with Gasteiger partial charge < -0.3 is 24.4 Å². The van der Waals surface area contributed by atoms with E-state index in [0.717, 1.165) is 43.5 Å². The van der Waals surface area contributed by atoms with E-state index in [1.807, 2.05) is 34.6 Å². The molecule has 0 unspecified atom stereocenters. The second kappa shape index (κ2) is 13.3. The van der Waals surface area contributed by atoms with Crippen LogP contribution >= 0.6 is 0 Å². The first-order valence-corrected chi connectivity index (χ1v) is 18.2. The Labute approximate surface area is 308 Å². The number of aromatic nitrogens is 8. The summed E-state index contributed by atoms with van der Waals surface area (Å²) in [5.41, 5.74) is 2.73. The van der Waals surface area contributed by atoms with Crippen molar-refractivity contribution in [1.29, 1.82) is 0 Å². The van der Waals surface area contributed by atoms with E-state index in [-0.39, 0.29) is 30.2 Å². The maximum Gasteiger partial charge on any atom is 0.245 e. The number of likely N-dealkylation sites (N-methyl/N-ethyl adjacent to an activating group) is 1. The summed E-state index contributed by atoms with van der Waals surface area (Å²) in [6, 6.07) is 8.30. The van der Waals surface area contributed by atoms with Crippen molar-refractivity contribution in [2.45, 2.75) is 69.7 Å². The molecule has 0 radical (unpaired) electrons. The highest BCUT2D eigenvalue weighted by Crippen LogP contribution is 2.38. The van der Waals surface area contributed by atoms with Crippen LogP contribution in [0.15, 0.2) is 48.8 Å². The lowest BCUT2D eigenvalue weighted by molar-refractivity contribution is -0.132. The zero-order chi connectivity index (χ0) is 37.2. The van der Waals surface area contributed by atoms with Crippen LogP contribution in [-0.4, -0.2) is 95.5 Å². The van der Waals surface area contributed by atoms with E-state index in [0.29, 0.717) is 70.6 Å². The Morgan fingerprint density at radius 1 is 0.926 bits per heavy atom. The fourth-order valence-corrected chi connectivity index (χ4v) is 8.33. The quantitative estimate of drug-likeness (QED) is 0.246. The molecule has 1 saturated heterocycles. The molecular formula is C38H38F3N11O2. The first-order chi connectivity index (χ1) is 26.1. The molecule has 3 atom stereocenters. The van der Waals surface area contributed by atoms with Crippen molar-refractivity contribution in [3.63, 3.8) is 0 Å². The minimum atomic E-state index is -0.879. The Morgan fingerprint density at radius 2 is 1.76 bits per heavy atom. The first-order valence-electron chi connectivity index (χ1n) is 18.2. The topological polar surface area (TPSA) is 132 Å². The lowest BCUT2D eigenvalue weighted by Crippen LogP contribution is -2.47. The molecule has 3 aliphatic rings. The Bertz CT molecular complexity index is 2430. The Morgan fingerprint density at radius 3 is 2.56 bits per heavy atom. The zero-order valence-corrected chi connectivity index (χ0v) is 30.0. The van der Waals surface area contributed by atoms with Crippen LogP contribution in [0.25, 0.3) is 39.1 Å². The fraction of sp³-hybridized carbons (Fsp3) is 0.395. The summed E-state index contributed by atoms with van der Waals surface area (Å²) in [5.74, 6) is -0.0328. The fourth-order valence-electron chi connectivity index (χ4n) is 8.33. The number of nitrogens with one attached hydrogen (secondary N) is 1. The van der Waals surface area contributed by atoms with Crippen molar-refractivity contribution in [3.8, 4) is 17.1 Å². The summed E-state index contributed by atoms with van der Waals surface area (Å²) < 4.78 is 53.3. The number of imidazole rings is 1. The Kier molecular flexibility index (Phi) is 8.43. The molecule has 2 fully saturated rings. The molecule has 0 spiro atoms. The molecule has 1 aromatic carbocycles. The van der Waals surface area contributed by atoms with Gasteiger partial charge in [0.1, 0.15) is 41.0 Å². The zero-order valence-electron chi connectivity index (χ0n) is 30.0. The van der Waals surface area contributed by atoms with Crippen LogP contribution in [0.1, 0.15) is 49.7 Å². The van der Waals surface area contributed by atoms with Gasteiger partial charge in [-0.2, -0.15) is 9.78 Å². The van der Waals surface area contributed by atoms with Crippen LogP contribution in [0.2, 0.25) is 0 Å². The molecule has 2 aliphatic heterocycles. The number of hydrogen-bond donors (Lipinski definition) is 1. The van der Waals surface area contributed by atoms with Crippen LogP contribution in [0, 0.1) is 24.4 Å². The average Bonchev–Trinajstić information content (AvgIpc) is 3.97. The van der Waals surface area contributed by atoms with Gasteiger partial charge in [-0.05, 0) is 44.4 Å². The molecule has 1 N–H and O–H groups in total. The lowest BCUT2D eigenvalue weighted by Gasteiger charge is -2.31. The lowest BCUT2D eigenvalue weighted by atomic mass is 10.1. The number of benzene rings is 1. The average molecular weight is 738 g/mol. The van der Waals surface area contributed by atoms with Gasteiger partial charge in [-0.15, -0.1) is 0 Å². The van der Waals surface area contributed by atoms with Crippen LogP contribution in [-0.2, 0) is 16.1 Å². The minimum absolute atomic E-state index is 0.0710. The number of nitrogens with zero attached hydrogens (tertiary/aromatic N) is 10. The molecule has 7 heterocycles. The monoisotopic (exact) mass is 737 g/mol. The maximum absolute atomic E-state index is 15.1. The van der Waals surface area contributed by atoms with Gasteiger partial charge in [-0.1, -0.05) is 18.9 Å². The van der Waals surface area contributed by atoms with Gasteiger partial charge >= 0.3 is 0 Å². The number of methoxy groups -OCH3 is 1. The summed E-state index contributed by atoms with van der Waals surface area (Å²) in [6.45, 7) is 2.85. The second-order valence-corrected chi connectivity index (χ2v) is 14.5. The van der Waals surface area contributed by atoms with Gasteiger partial charge in [-0.25, -0.2) is 38.1 Å². The molecule has 1 amide bonds. The molecule has 6 aromatic rings. The van der Waals surface area contributed by atoms with E-state index in [2.05, 4.69) is 20.4 Å². The predicted molar refractivity (Wildman–Crippen MR) is 195 cm³/mol.